The highest BCUT2D eigenvalue weighted by Gasteiger charge is 2.50. The summed E-state index contributed by atoms with van der Waals surface area (Å²) < 4.78 is 5.09. The van der Waals surface area contributed by atoms with E-state index in [1.807, 2.05) is 0 Å². The fraction of sp³-hybridized carbons (Fsp3) is 0.733. The summed E-state index contributed by atoms with van der Waals surface area (Å²) in [6.07, 6.45) is 5.32. The number of hydrogen-bond donors (Lipinski definition) is 1. The average Bonchev–Trinajstić information content (AvgIpc) is 2.36. The van der Waals surface area contributed by atoms with Gasteiger partial charge in [-0.15, -0.1) is 0 Å². The predicted octanol–water partition coefficient (Wildman–Crippen LogP) is 2.78. The summed E-state index contributed by atoms with van der Waals surface area (Å²) in [7, 11) is 0. The molecule has 3 aliphatic rings. The molecule has 4 nitrogen and oxygen atoms in total. The lowest BCUT2D eigenvalue weighted by molar-refractivity contribution is -0.147. The van der Waals surface area contributed by atoms with Crippen LogP contribution in [0.15, 0.2) is 11.6 Å². The number of fused-ring (bicyclic) bond motifs is 1. The first kappa shape index (κ1) is 14.1. The molecule has 19 heavy (non-hydrogen) atoms. The average molecular weight is 266 g/mol. The molecule has 0 amide bonds. The molecule has 0 aromatic rings. The summed E-state index contributed by atoms with van der Waals surface area (Å²) in [5.74, 6) is 0.0853. The fourth-order valence-corrected chi connectivity index (χ4v) is 3.32. The summed E-state index contributed by atoms with van der Waals surface area (Å²) in [5, 5.41) is 8.47. The summed E-state index contributed by atoms with van der Waals surface area (Å²) >= 11 is 0. The molecule has 3 rings (SSSR count). The van der Waals surface area contributed by atoms with Crippen molar-refractivity contribution in [2.45, 2.75) is 46.0 Å². The molecule has 2 unspecified atom stereocenters. The number of hydrogen-bond acceptors (Lipinski definition) is 3. The highest BCUT2D eigenvalue weighted by atomic mass is 16.5. The van der Waals surface area contributed by atoms with Crippen LogP contribution < -0.4 is 0 Å². The van der Waals surface area contributed by atoms with Crippen molar-refractivity contribution in [3.8, 4) is 0 Å². The van der Waals surface area contributed by atoms with Gasteiger partial charge in [-0.2, -0.15) is 0 Å². The number of ether oxygens (including phenoxy) is 1. The molecule has 106 valence electrons. The molecule has 0 spiro atoms. The maximum absolute atomic E-state index is 11.3. The SMILES string of the molecule is CC1(C)C2CC=C(CCOC(=O)CCC(=O)O)C1C2. The van der Waals surface area contributed by atoms with Gasteiger partial charge in [-0.3, -0.25) is 9.59 Å². The van der Waals surface area contributed by atoms with Gasteiger partial charge in [0.2, 0.25) is 0 Å². The lowest BCUT2D eigenvalue weighted by atomic mass is 9.48. The minimum absolute atomic E-state index is 0.0363. The highest BCUT2D eigenvalue weighted by molar-refractivity contribution is 5.76. The van der Waals surface area contributed by atoms with E-state index in [9.17, 15) is 9.59 Å². The van der Waals surface area contributed by atoms with Gasteiger partial charge in [-0.05, 0) is 30.1 Å². The van der Waals surface area contributed by atoms with Crippen molar-refractivity contribution in [2.24, 2.45) is 17.3 Å². The van der Waals surface area contributed by atoms with Crippen molar-refractivity contribution >= 4 is 11.9 Å². The Morgan fingerprint density at radius 2 is 2.16 bits per heavy atom. The van der Waals surface area contributed by atoms with Crippen molar-refractivity contribution < 1.29 is 19.4 Å². The first-order valence-electron chi connectivity index (χ1n) is 6.97. The number of esters is 1. The molecule has 3 aliphatic carbocycles. The molecule has 2 atom stereocenters. The van der Waals surface area contributed by atoms with Gasteiger partial charge in [0.25, 0.3) is 0 Å². The van der Waals surface area contributed by atoms with E-state index >= 15 is 0 Å². The predicted molar refractivity (Wildman–Crippen MR) is 70.5 cm³/mol. The van der Waals surface area contributed by atoms with Gasteiger partial charge in [0.05, 0.1) is 19.4 Å². The number of carbonyl (C=O) groups is 2. The van der Waals surface area contributed by atoms with Crippen LogP contribution in [0.1, 0.15) is 46.0 Å². The molecule has 1 fully saturated rings. The molecule has 0 aromatic carbocycles. The summed E-state index contributed by atoms with van der Waals surface area (Å²) in [4.78, 5) is 21.6. The zero-order valence-electron chi connectivity index (χ0n) is 11.6. The number of allylic oxidation sites excluding steroid dienone is 1. The first-order chi connectivity index (χ1) is 8.91. The van der Waals surface area contributed by atoms with E-state index in [0.29, 0.717) is 17.9 Å². The van der Waals surface area contributed by atoms with Crippen molar-refractivity contribution in [3.63, 3.8) is 0 Å². The zero-order valence-corrected chi connectivity index (χ0v) is 11.6. The maximum atomic E-state index is 11.3. The van der Waals surface area contributed by atoms with E-state index in [2.05, 4.69) is 19.9 Å². The van der Waals surface area contributed by atoms with Crippen LogP contribution in [0.5, 0.6) is 0 Å². The second-order valence-corrected chi connectivity index (χ2v) is 6.19. The number of rotatable bonds is 6. The van der Waals surface area contributed by atoms with Crippen molar-refractivity contribution in [2.75, 3.05) is 6.61 Å². The number of carboxylic acids is 1. The van der Waals surface area contributed by atoms with Crippen molar-refractivity contribution in [3.05, 3.63) is 11.6 Å². The maximum Gasteiger partial charge on any atom is 0.306 e. The summed E-state index contributed by atoms with van der Waals surface area (Å²) in [5.41, 5.74) is 1.82. The Labute approximate surface area is 113 Å². The molecule has 0 aliphatic heterocycles. The summed E-state index contributed by atoms with van der Waals surface area (Å²) in [6, 6.07) is 0. The molecular weight excluding hydrogens is 244 g/mol. The Balaban J connectivity index is 1.71. The van der Waals surface area contributed by atoms with Gasteiger partial charge in [0, 0.05) is 6.42 Å². The van der Waals surface area contributed by atoms with Crippen LogP contribution in [0.2, 0.25) is 0 Å². The molecule has 0 radical (unpaired) electrons. The lowest BCUT2D eigenvalue weighted by Gasteiger charge is -2.56. The molecule has 1 saturated carbocycles. The monoisotopic (exact) mass is 266 g/mol. The van der Waals surface area contributed by atoms with Crippen molar-refractivity contribution in [1.29, 1.82) is 0 Å². The Hall–Kier alpha value is -1.32. The third kappa shape index (κ3) is 2.99. The van der Waals surface area contributed by atoms with Crippen LogP contribution in [0.25, 0.3) is 0 Å². The van der Waals surface area contributed by atoms with Crippen LogP contribution in [-0.4, -0.2) is 23.7 Å². The quantitative estimate of drug-likeness (QED) is 0.593. The normalized spacial score (nSPS) is 27.2. The molecule has 0 aromatic heterocycles. The second kappa shape index (κ2) is 5.35. The first-order valence-corrected chi connectivity index (χ1v) is 6.97. The molecule has 2 bridgehead atoms. The standard InChI is InChI=1S/C15H22O4/c1-15(2)11-4-3-10(12(15)9-11)7-8-19-14(18)6-5-13(16)17/h3,11-12H,4-9H2,1-2H3,(H,16,17). The van der Waals surface area contributed by atoms with Gasteiger partial charge < -0.3 is 9.84 Å². The number of aliphatic carboxylic acids is 1. The minimum Gasteiger partial charge on any atom is -0.481 e. The van der Waals surface area contributed by atoms with Crippen LogP contribution in [0, 0.1) is 17.3 Å². The Morgan fingerprint density at radius 1 is 1.42 bits per heavy atom. The molecule has 1 N–H and O–H groups in total. The van der Waals surface area contributed by atoms with Gasteiger partial charge in [0.15, 0.2) is 0 Å². The summed E-state index contributed by atoms with van der Waals surface area (Å²) in [6.45, 7) is 5.01. The van der Waals surface area contributed by atoms with Crippen LogP contribution >= 0.6 is 0 Å². The van der Waals surface area contributed by atoms with Crippen LogP contribution in [0.3, 0.4) is 0 Å². The van der Waals surface area contributed by atoms with Crippen LogP contribution in [0.4, 0.5) is 0 Å². The molecule has 0 heterocycles. The van der Waals surface area contributed by atoms with Crippen molar-refractivity contribution in [1.82, 2.24) is 0 Å². The smallest absolute Gasteiger partial charge is 0.306 e. The Kier molecular flexibility index (Phi) is 3.97. The minimum atomic E-state index is -0.964. The van der Waals surface area contributed by atoms with Gasteiger partial charge in [0.1, 0.15) is 0 Å². The van der Waals surface area contributed by atoms with E-state index in [-0.39, 0.29) is 12.8 Å². The zero-order chi connectivity index (χ0) is 14.0. The van der Waals surface area contributed by atoms with Gasteiger partial charge in [-0.1, -0.05) is 25.5 Å². The van der Waals surface area contributed by atoms with E-state index < -0.39 is 11.9 Å². The Bertz CT molecular complexity index is 408. The lowest BCUT2D eigenvalue weighted by Crippen LogP contribution is -2.48. The van der Waals surface area contributed by atoms with Gasteiger partial charge in [-0.25, -0.2) is 0 Å². The van der Waals surface area contributed by atoms with E-state index in [4.69, 9.17) is 9.84 Å². The highest BCUT2D eigenvalue weighted by Crippen LogP contribution is 2.59. The van der Waals surface area contributed by atoms with E-state index in [0.717, 1.165) is 18.8 Å². The third-order valence-electron chi connectivity index (χ3n) is 4.78. The fourth-order valence-electron chi connectivity index (χ4n) is 3.32. The molecule has 4 heteroatoms. The molecule has 0 saturated heterocycles. The third-order valence-corrected chi connectivity index (χ3v) is 4.78. The van der Waals surface area contributed by atoms with E-state index in [1.54, 1.807) is 0 Å². The number of carboxylic acid groups (broad SMARTS) is 1. The topological polar surface area (TPSA) is 63.6 Å². The largest absolute Gasteiger partial charge is 0.481 e. The Morgan fingerprint density at radius 3 is 2.74 bits per heavy atom. The van der Waals surface area contributed by atoms with Crippen LogP contribution in [-0.2, 0) is 14.3 Å². The number of carbonyl (C=O) groups excluding carboxylic acids is 1. The second-order valence-electron chi connectivity index (χ2n) is 6.19. The van der Waals surface area contributed by atoms with E-state index in [1.165, 1.54) is 12.0 Å². The molecular formula is C15H22O4. The van der Waals surface area contributed by atoms with Gasteiger partial charge >= 0.3 is 11.9 Å².